The molecule has 0 aromatic heterocycles. The third-order valence-corrected chi connectivity index (χ3v) is 7.43. The zero-order valence-electron chi connectivity index (χ0n) is 21.4. The van der Waals surface area contributed by atoms with Crippen molar-refractivity contribution >= 4 is 21.5 Å². The predicted octanol–water partition coefficient (Wildman–Crippen LogP) is 5.82. The molecule has 0 N–H and O–H groups in total. The maximum Gasteiger partial charge on any atom is 0.232 e. The summed E-state index contributed by atoms with van der Waals surface area (Å²) in [5.41, 5.74) is 4.78. The normalized spacial score (nSPS) is 13.0. The Bertz CT molecular complexity index is 1080. The van der Waals surface area contributed by atoms with Gasteiger partial charge in [-0.3, -0.25) is 9.10 Å². The topological polar surface area (TPSA) is 63.7 Å². The predicted molar refractivity (Wildman–Crippen MR) is 137 cm³/mol. The molecule has 0 spiro atoms. The van der Waals surface area contributed by atoms with E-state index in [4.69, 9.17) is 4.74 Å². The van der Waals surface area contributed by atoms with E-state index in [1.54, 1.807) is 7.05 Å². The van der Waals surface area contributed by atoms with Gasteiger partial charge in [0.2, 0.25) is 10.0 Å². The molecule has 0 fully saturated rings. The molecule has 0 aliphatic heterocycles. The van der Waals surface area contributed by atoms with E-state index in [2.05, 4.69) is 25.1 Å². The maximum atomic E-state index is 12.2. The molecule has 2 aromatic rings. The van der Waals surface area contributed by atoms with Crippen LogP contribution in [0.1, 0.15) is 68.7 Å². The number of hydrogen-bond acceptors (Lipinski definition) is 4. The second-order valence-electron chi connectivity index (χ2n) is 9.98. The van der Waals surface area contributed by atoms with Crippen molar-refractivity contribution in [1.29, 1.82) is 0 Å². The van der Waals surface area contributed by atoms with Crippen LogP contribution in [0, 0.1) is 19.3 Å². The zero-order chi connectivity index (χ0) is 25.0. The lowest BCUT2D eigenvalue weighted by Crippen LogP contribution is -2.26. The lowest BCUT2D eigenvalue weighted by atomic mass is 9.89. The highest BCUT2D eigenvalue weighted by molar-refractivity contribution is 7.92. The van der Waals surface area contributed by atoms with Crippen LogP contribution in [-0.2, 0) is 21.2 Å². The Kier molecular flexibility index (Phi) is 8.75. The molecule has 33 heavy (non-hydrogen) atoms. The van der Waals surface area contributed by atoms with Gasteiger partial charge in [0.15, 0.2) is 5.78 Å². The molecule has 0 radical (unpaired) electrons. The second-order valence-corrected chi connectivity index (χ2v) is 12.0. The van der Waals surface area contributed by atoms with Crippen molar-refractivity contribution in [3.8, 4) is 5.75 Å². The van der Waals surface area contributed by atoms with Crippen molar-refractivity contribution in [2.75, 3.05) is 24.2 Å². The van der Waals surface area contributed by atoms with Crippen LogP contribution in [0.2, 0.25) is 0 Å². The molecule has 0 amide bonds. The summed E-state index contributed by atoms with van der Waals surface area (Å²) in [6, 6.07) is 12.2. The molecular weight excluding hydrogens is 434 g/mol. The van der Waals surface area contributed by atoms with Crippen LogP contribution in [0.15, 0.2) is 36.4 Å². The molecule has 0 saturated carbocycles. The molecular formula is C27H39NO4S. The lowest BCUT2D eigenvalue weighted by Gasteiger charge is -2.21. The Labute approximate surface area is 200 Å². The SMILES string of the molecule is CCC(CCc1ccc(N(C)S(C)(=O)=O)c(C)c1)c1ccc(OCC(=O)C(C)(C)C)c(C)c1. The van der Waals surface area contributed by atoms with Gasteiger partial charge in [-0.05, 0) is 73.4 Å². The number of sulfonamides is 1. The number of Topliss-reactive ketones (excluding diaryl/α,β-unsaturated/α-hetero) is 1. The summed E-state index contributed by atoms with van der Waals surface area (Å²) in [6.07, 6.45) is 4.15. The molecule has 0 heterocycles. The molecule has 0 aliphatic carbocycles. The minimum atomic E-state index is -3.28. The highest BCUT2D eigenvalue weighted by Crippen LogP contribution is 2.30. The number of nitrogens with zero attached hydrogens (tertiary/aromatic N) is 1. The highest BCUT2D eigenvalue weighted by atomic mass is 32.2. The first-order chi connectivity index (χ1) is 15.2. The van der Waals surface area contributed by atoms with E-state index in [9.17, 15) is 13.2 Å². The summed E-state index contributed by atoms with van der Waals surface area (Å²) < 4.78 is 30.8. The standard InChI is InChI=1S/C27H39NO4S/c1-9-22(12-10-21-11-14-24(19(2)16-21)28(7)33(8,30)31)23-13-15-25(20(3)17-23)32-18-26(29)27(4,5)6/h11,13-17,22H,9-10,12,18H2,1-8H3. The van der Waals surface area contributed by atoms with Crippen molar-refractivity contribution in [2.45, 2.75) is 66.7 Å². The Morgan fingerprint density at radius 2 is 1.73 bits per heavy atom. The first kappa shape index (κ1) is 26.9. The Morgan fingerprint density at radius 3 is 2.24 bits per heavy atom. The molecule has 5 nitrogen and oxygen atoms in total. The number of ether oxygens (including phenoxy) is 1. The third-order valence-electron chi connectivity index (χ3n) is 6.24. The van der Waals surface area contributed by atoms with Gasteiger partial charge in [-0.15, -0.1) is 0 Å². The molecule has 182 valence electrons. The van der Waals surface area contributed by atoms with Crippen molar-refractivity contribution < 1.29 is 17.9 Å². The van der Waals surface area contributed by atoms with Crippen molar-refractivity contribution in [2.24, 2.45) is 5.41 Å². The molecule has 1 atom stereocenters. The van der Waals surface area contributed by atoms with Crippen LogP contribution < -0.4 is 9.04 Å². The summed E-state index contributed by atoms with van der Waals surface area (Å²) in [5, 5.41) is 0. The molecule has 6 heteroatoms. The number of benzene rings is 2. The van der Waals surface area contributed by atoms with E-state index < -0.39 is 15.4 Å². The van der Waals surface area contributed by atoms with Gasteiger partial charge in [-0.25, -0.2) is 8.42 Å². The number of anilines is 1. The van der Waals surface area contributed by atoms with E-state index >= 15 is 0 Å². The minimum Gasteiger partial charge on any atom is -0.486 e. The molecule has 1 unspecified atom stereocenters. The van der Waals surface area contributed by atoms with Crippen LogP contribution in [0.5, 0.6) is 5.75 Å². The molecule has 0 bridgehead atoms. The Balaban J connectivity index is 2.07. The number of aryl methyl sites for hydroxylation is 3. The fourth-order valence-electron chi connectivity index (χ4n) is 3.80. The summed E-state index contributed by atoms with van der Waals surface area (Å²) >= 11 is 0. The average Bonchev–Trinajstić information content (AvgIpc) is 2.71. The van der Waals surface area contributed by atoms with Gasteiger partial charge in [-0.1, -0.05) is 52.0 Å². The minimum absolute atomic E-state index is 0.0847. The van der Waals surface area contributed by atoms with Crippen LogP contribution >= 0.6 is 0 Å². The van der Waals surface area contributed by atoms with Crippen LogP contribution in [0.4, 0.5) is 5.69 Å². The first-order valence-electron chi connectivity index (χ1n) is 11.5. The number of rotatable bonds is 10. The third kappa shape index (κ3) is 7.32. The molecule has 0 saturated heterocycles. The number of ketones is 1. The van der Waals surface area contributed by atoms with Crippen LogP contribution in [0.3, 0.4) is 0 Å². The molecule has 0 aliphatic rings. The fourth-order valence-corrected chi connectivity index (χ4v) is 4.36. The molecule has 2 rings (SSSR count). The second kappa shape index (κ2) is 10.7. The number of carbonyl (C=O) groups excluding carboxylic acids is 1. The summed E-state index contributed by atoms with van der Waals surface area (Å²) in [6.45, 7) is 12.0. The number of hydrogen-bond donors (Lipinski definition) is 0. The fraction of sp³-hybridized carbons (Fsp3) is 0.519. The van der Waals surface area contributed by atoms with Crippen LogP contribution in [-0.4, -0.2) is 34.1 Å². The Hall–Kier alpha value is -2.34. The largest absolute Gasteiger partial charge is 0.486 e. The van der Waals surface area contributed by atoms with Crippen molar-refractivity contribution in [3.63, 3.8) is 0 Å². The van der Waals surface area contributed by atoms with Gasteiger partial charge in [-0.2, -0.15) is 0 Å². The molecule has 2 aromatic carbocycles. The smallest absolute Gasteiger partial charge is 0.232 e. The number of carbonyl (C=O) groups is 1. The van der Waals surface area contributed by atoms with Crippen LogP contribution in [0.25, 0.3) is 0 Å². The van der Waals surface area contributed by atoms with Gasteiger partial charge >= 0.3 is 0 Å². The van der Waals surface area contributed by atoms with Gasteiger partial charge in [0.05, 0.1) is 11.9 Å². The lowest BCUT2D eigenvalue weighted by molar-refractivity contribution is -0.128. The van der Waals surface area contributed by atoms with Gasteiger partial charge < -0.3 is 4.74 Å². The van der Waals surface area contributed by atoms with E-state index in [1.165, 1.54) is 21.7 Å². The first-order valence-corrected chi connectivity index (χ1v) is 13.4. The van der Waals surface area contributed by atoms with E-state index in [0.29, 0.717) is 11.6 Å². The summed E-state index contributed by atoms with van der Waals surface area (Å²) in [4.78, 5) is 12.2. The monoisotopic (exact) mass is 473 g/mol. The van der Waals surface area contributed by atoms with E-state index in [0.717, 1.165) is 36.1 Å². The quantitative estimate of drug-likeness (QED) is 0.436. The van der Waals surface area contributed by atoms with Crippen molar-refractivity contribution in [1.82, 2.24) is 0 Å². The Morgan fingerprint density at radius 1 is 1.06 bits per heavy atom. The van der Waals surface area contributed by atoms with Gasteiger partial charge in [0, 0.05) is 12.5 Å². The highest BCUT2D eigenvalue weighted by Gasteiger charge is 2.22. The zero-order valence-corrected chi connectivity index (χ0v) is 22.2. The van der Waals surface area contributed by atoms with Gasteiger partial charge in [0.25, 0.3) is 0 Å². The van der Waals surface area contributed by atoms with E-state index in [-0.39, 0.29) is 12.4 Å². The van der Waals surface area contributed by atoms with Gasteiger partial charge in [0.1, 0.15) is 12.4 Å². The van der Waals surface area contributed by atoms with E-state index in [1.807, 2.05) is 52.8 Å². The maximum absolute atomic E-state index is 12.2. The summed E-state index contributed by atoms with van der Waals surface area (Å²) in [5.74, 6) is 1.25. The summed E-state index contributed by atoms with van der Waals surface area (Å²) in [7, 11) is -1.69. The average molecular weight is 474 g/mol. The van der Waals surface area contributed by atoms with Crippen molar-refractivity contribution in [3.05, 3.63) is 58.7 Å².